The van der Waals surface area contributed by atoms with Gasteiger partial charge in [-0.3, -0.25) is 4.79 Å². The van der Waals surface area contributed by atoms with Gasteiger partial charge in [-0.2, -0.15) is 0 Å². The molecule has 1 aliphatic heterocycles. The first-order valence-corrected chi connectivity index (χ1v) is 7.27. The van der Waals surface area contributed by atoms with Crippen molar-refractivity contribution in [2.75, 3.05) is 25.1 Å². The molecule has 1 amide bonds. The molecular weight excluding hydrogens is 252 g/mol. The fourth-order valence-electron chi connectivity index (χ4n) is 2.58. The van der Waals surface area contributed by atoms with Crippen molar-refractivity contribution in [3.05, 3.63) is 24.3 Å². The van der Waals surface area contributed by atoms with Crippen LogP contribution in [0.25, 0.3) is 0 Å². The molecule has 1 aliphatic rings. The molecule has 20 heavy (non-hydrogen) atoms. The number of anilines is 1. The van der Waals surface area contributed by atoms with Gasteiger partial charge in [-0.25, -0.2) is 0 Å². The standard InChI is InChI=1S/C16H24N2O2/c1-12(2)9-16(19)17-13-7-8-18(11-13)14-5-4-6-15(10-14)20-3/h4-6,10,12-13H,7-9,11H2,1-3H3,(H,17,19). The number of rotatable bonds is 5. The van der Waals surface area contributed by atoms with E-state index in [-0.39, 0.29) is 11.9 Å². The minimum atomic E-state index is 0.164. The fraction of sp³-hybridized carbons (Fsp3) is 0.562. The summed E-state index contributed by atoms with van der Waals surface area (Å²) in [5, 5.41) is 3.13. The number of carbonyl (C=O) groups is 1. The second-order valence-corrected chi connectivity index (χ2v) is 5.80. The molecule has 1 saturated heterocycles. The molecule has 0 aromatic heterocycles. The number of hydrogen-bond donors (Lipinski definition) is 1. The molecule has 1 N–H and O–H groups in total. The molecule has 1 unspecified atom stereocenters. The van der Waals surface area contributed by atoms with Crippen molar-refractivity contribution in [2.24, 2.45) is 5.92 Å². The maximum atomic E-state index is 11.8. The number of nitrogens with zero attached hydrogens (tertiary/aromatic N) is 1. The Morgan fingerprint density at radius 2 is 2.30 bits per heavy atom. The fourth-order valence-corrected chi connectivity index (χ4v) is 2.58. The average molecular weight is 276 g/mol. The van der Waals surface area contributed by atoms with E-state index in [2.05, 4.69) is 30.1 Å². The van der Waals surface area contributed by atoms with Crippen LogP contribution >= 0.6 is 0 Å². The Labute approximate surface area is 121 Å². The summed E-state index contributed by atoms with van der Waals surface area (Å²) in [5.74, 6) is 1.44. The van der Waals surface area contributed by atoms with Gasteiger partial charge in [0.05, 0.1) is 7.11 Å². The number of benzene rings is 1. The zero-order valence-corrected chi connectivity index (χ0v) is 12.6. The molecule has 1 fully saturated rings. The zero-order chi connectivity index (χ0) is 14.5. The highest BCUT2D eigenvalue weighted by Gasteiger charge is 2.24. The van der Waals surface area contributed by atoms with E-state index in [0.29, 0.717) is 12.3 Å². The van der Waals surface area contributed by atoms with Crippen molar-refractivity contribution in [3.8, 4) is 5.75 Å². The lowest BCUT2D eigenvalue weighted by Crippen LogP contribution is -2.37. The monoisotopic (exact) mass is 276 g/mol. The van der Waals surface area contributed by atoms with Gasteiger partial charge in [-0.05, 0) is 24.5 Å². The summed E-state index contributed by atoms with van der Waals surface area (Å²) in [6.45, 7) is 5.98. The molecule has 2 rings (SSSR count). The van der Waals surface area contributed by atoms with Gasteiger partial charge >= 0.3 is 0 Å². The molecule has 0 radical (unpaired) electrons. The summed E-state index contributed by atoms with van der Waals surface area (Å²) >= 11 is 0. The summed E-state index contributed by atoms with van der Waals surface area (Å²) in [7, 11) is 1.68. The molecule has 110 valence electrons. The molecule has 4 nitrogen and oxygen atoms in total. The van der Waals surface area contributed by atoms with Crippen LogP contribution in [0, 0.1) is 5.92 Å². The SMILES string of the molecule is COc1cccc(N2CCC(NC(=O)CC(C)C)C2)c1. The molecule has 1 aromatic carbocycles. The number of nitrogens with one attached hydrogen (secondary N) is 1. The number of methoxy groups -OCH3 is 1. The molecule has 1 aromatic rings. The lowest BCUT2D eigenvalue weighted by molar-refractivity contribution is -0.122. The normalized spacial score (nSPS) is 18.4. The third kappa shape index (κ3) is 3.89. The topological polar surface area (TPSA) is 41.6 Å². The van der Waals surface area contributed by atoms with Crippen LogP contribution in [0.2, 0.25) is 0 Å². The average Bonchev–Trinajstić information content (AvgIpc) is 2.86. The second kappa shape index (κ2) is 6.64. The number of hydrogen-bond acceptors (Lipinski definition) is 3. The summed E-state index contributed by atoms with van der Waals surface area (Å²) < 4.78 is 5.25. The maximum Gasteiger partial charge on any atom is 0.220 e. The first kappa shape index (κ1) is 14.7. The summed E-state index contributed by atoms with van der Waals surface area (Å²) in [4.78, 5) is 14.1. The minimum Gasteiger partial charge on any atom is -0.497 e. The van der Waals surface area contributed by atoms with E-state index in [9.17, 15) is 4.79 Å². The Bertz CT molecular complexity index is 460. The van der Waals surface area contributed by atoms with Gasteiger partial charge in [0.2, 0.25) is 5.91 Å². The van der Waals surface area contributed by atoms with E-state index in [1.807, 2.05) is 18.2 Å². The molecule has 0 bridgehead atoms. The van der Waals surface area contributed by atoms with Gasteiger partial charge in [0, 0.05) is 37.3 Å². The summed E-state index contributed by atoms with van der Waals surface area (Å²) in [6, 6.07) is 8.33. The van der Waals surface area contributed by atoms with Crippen LogP contribution < -0.4 is 15.0 Å². The zero-order valence-electron chi connectivity index (χ0n) is 12.6. The van der Waals surface area contributed by atoms with E-state index in [1.54, 1.807) is 7.11 Å². The van der Waals surface area contributed by atoms with Crippen LogP contribution in [0.1, 0.15) is 26.7 Å². The third-order valence-corrected chi connectivity index (χ3v) is 3.57. The van der Waals surface area contributed by atoms with Crippen molar-refractivity contribution < 1.29 is 9.53 Å². The van der Waals surface area contributed by atoms with Crippen molar-refractivity contribution in [2.45, 2.75) is 32.7 Å². The van der Waals surface area contributed by atoms with Crippen LogP contribution in [0.15, 0.2) is 24.3 Å². The Morgan fingerprint density at radius 1 is 1.50 bits per heavy atom. The minimum absolute atomic E-state index is 0.164. The Morgan fingerprint density at radius 3 is 3.00 bits per heavy atom. The predicted octanol–water partition coefficient (Wildman–Crippen LogP) is 2.44. The highest BCUT2D eigenvalue weighted by atomic mass is 16.5. The van der Waals surface area contributed by atoms with Gasteiger partial charge in [0.1, 0.15) is 5.75 Å². The van der Waals surface area contributed by atoms with Gasteiger partial charge in [-0.1, -0.05) is 19.9 Å². The van der Waals surface area contributed by atoms with Crippen molar-refractivity contribution in [3.63, 3.8) is 0 Å². The van der Waals surface area contributed by atoms with Crippen LogP contribution in [-0.2, 0) is 4.79 Å². The van der Waals surface area contributed by atoms with Crippen LogP contribution in [0.4, 0.5) is 5.69 Å². The van der Waals surface area contributed by atoms with Gasteiger partial charge < -0.3 is 15.0 Å². The maximum absolute atomic E-state index is 11.8. The van der Waals surface area contributed by atoms with Crippen LogP contribution in [0.3, 0.4) is 0 Å². The van der Waals surface area contributed by atoms with Gasteiger partial charge in [0.25, 0.3) is 0 Å². The smallest absolute Gasteiger partial charge is 0.220 e. The Hall–Kier alpha value is -1.71. The number of amides is 1. The van der Waals surface area contributed by atoms with E-state index in [0.717, 1.165) is 30.9 Å². The number of ether oxygens (including phenoxy) is 1. The molecule has 0 aliphatic carbocycles. The second-order valence-electron chi connectivity index (χ2n) is 5.80. The molecule has 0 spiro atoms. The van der Waals surface area contributed by atoms with Crippen LogP contribution in [0.5, 0.6) is 5.75 Å². The van der Waals surface area contributed by atoms with E-state index < -0.39 is 0 Å². The third-order valence-electron chi connectivity index (χ3n) is 3.57. The molecule has 0 saturated carbocycles. The quantitative estimate of drug-likeness (QED) is 0.898. The van der Waals surface area contributed by atoms with E-state index in [1.165, 1.54) is 0 Å². The highest BCUT2D eigenvalue weighted by molar-refractivity contribution is 5.76. The van der Waals surface area contributed by atoms with Crippen molar-refractivity contribution in [1.82, 2.24) is 5.32 Å². The summed E-state index contributed by atoms with van der Waals surface area (Å²) in [5.41, 5.74) is 1.16. The molecule has 1 atom stereocenters. The summed E-state index contributed by atoms with van der Waals surface area (Å²) in [6.07, 6.45) is 1.61. The van der Waals surface area contributed by atoms with Crippen molar-refractivity contribution >= 4 is 11.6 Å². The molecule has 1 heterocycles. The first-order chi connectivity index (χ1) is 9.58. The lowest BCUT2D eigenvalue weighted by atomic mass is 10.1. The first-order valence-electron chi connectivity index (χ1n) is 7.27. The Balaban J connectivity index is 1.90. The van der Waals surface area contributed by atoms with Gasteiger partial charge in [0.15, 0.2) is 0 Å². The lowest BCUT2D eigenvalue weighted by Gasteiger charge is -2.20. The molecule has 4 heteroatoms. The van der Waals surface area contributed by atoms with Crippen LogP contribution in [-0.4, -0.2) is 32.1 Å². The Kier molecular flexibility index (Phi) is 4.88. The van der Waals surface area contributed by atoms with E-state index >= 15 is 0 Å². The van der Waals surface area contributed by atoms with Crippen molar-refractivity contribution in [1.29, 1.82) is 0 Å². The van der Waals surface area contributed by atoms with E-state index in [4.69, 9.17) is 4.74 Å². The number of carbonyl (C=O) groups excluding carboxylic acids is 1. The predicted molar refractivity (Wildman–Crippen MR) is 81.2 cm³/mol. The highest BCUT2D eigenvalue weighted by Crippen LogP contribution is 2.24. The largest absolute Gasteiger partial charge is 0.497 e. The van der Waals surface area contributed by atoms with Gasteiger partial charge in [-0.15, -0.1) is 0 Å². The molecular formula is C16H24N2O2.